The van der Waals surface area contributed by atoms with Gasteiger partial charge in [-0.3, -0.25) is 25.0 Å². The summed E-state index contributed by atoms with van der Waals surface area (Å²) < 4.78 is 0. The van der Waals surface area contributed by atoms with Gasteiger partial charge in [-0.2, -0.15) is 0 Å². The van der Waals surface area contributed by atoms with Crippen molar-refractivity contribution in [2.45, 2.75) is 13.8 Å². The fraction of sp³-hybridized carbons (Fsp3) is 0.133. The molecule has 0 unspecified atom stereocenters. The first-order valence-electron chi connectivity index (χ1n) is 6.60. The first-order valence-corrected chi connectivity index (χ1v) is 6.60. The van der Waals surface area contributed by atoms with Crippen LogP contribution in [0.4, 0.5) is 17.1 Å². The van der Waals surface area contributed by atoms with Crippen molar-refractivity contribution in [2.75, 3.05) is 5.32 Å². The summed E-state index contributed by atoms with van der Waals surface area (Å²) in [6.45, 7) is 3.72. The maximum absolute atomic E-state index is 12.2. The van der Waals surface area contributed by atoms with Crippen LogP contribution in [-0.4, -0.2) is 15.8 Å². The molecule has 2 aromatic carbocycles. The van der Waals surface area contributed by atoms with Crippen molar-refractivity contribution in [3.63, 3.8) is 0 Å². The standard InChI is InChI=1S/C15H13N3O5/c1-9-3-10(2)5-12(4-9)16-15(19)11-6-13(17(20)21)8-14(7-11)18(22)23/h3-8H,1-2H3,(H,16,19). The molecule has 0 aromatic heterocycles. The number of hydrogen-bond acceptors (Lipinski definition) is 5. The Morgan fingerprint density at radius 1 is 0.870 bits per heavy atom. The van der Waals surface area contributed by atoms with E-state index in [2.05, 4.69) is 5.32 Å². The summed E-state index contributed by atoms with van der Waals surface area (Å²) in [4.78, 5) is 32.4. The molecule has 1 amide bonds. The van der Waals surface area contributed by atoms with Gasteiger partial charge in [0.15, 0.2) is 0 Å². The summed E-state index contributed by atoms with van der Waals surface area (Å²) in [5.41, 5.74) is 1.22. The molecule has 8 heteroatoms. The third-order valence-corrected chi connectivity index (χ3v) is 3.07. The number of nitro benzene ring substituents is 2. The molecule has 1 N–H and O–H groups in total. The average Bonchev–Trinajstić information content (AvgIpc) is 2.45. The molecular weight excluding hydrogens is 302 g/mol. The highest BCUT2D eigenvalue weighted by molar-refractivity contribution is 6.05. The summed E-state index contributed by atoms with van der Waals surface area (Å²) in [5, 5.41) is 24.3. The number of benzene rings is 2. The number of non-ortho nitro benzene ring substituents is 2. The topological polar surface area (TPSA) is 115 Å². The molecule has 0 heterocycles. The molecule has 0 bridgehead atoms. The Morgan fingerprint density at radius 2 is 1.35 bits per heavy atom. The molecular formula is C15H13N3O5. The van der Waals surface area contributed by atoms with Crippen LogP contribution in [0.3, 0.4) is 0 Å². The van der Waals surface area contributed by atoms with Crippen molar-refractivity contribution < 1.29 is 14.6 Å². The number of hydrogen-bond donors (Lipinski definition) is 1. The van der Waals surface area contributed by atoms with E-state index in [0.717, 1.165) is 29.3 Å². The van der Waals surface area contributed by atoms with Crippen molar-refractivity contribution in [2.24, 2.45) is 0 Å². The second-order valence-electron chi connectivity index (χ2n) is 5.08. The van der Waals surface area contributed by atoms with Crippen LogP contribution < -0.4 is 5.32 Å². The Hall–Kier alpha value is -3.29. The summed E-state index contributed by atoms with van der Waals surface area (Å²) in [6.07, 6.45) is 0. The number of amides is 1. The number of nitro groups is 2. The average molecular weight is 315 g/mol. The van der Waals surface area contributed by atoms with E-state index in [1.54, 1.807) is 12.1 Å². The fourth-order valence-electron chi connectivity index (χ4n) is 2.19. The largest absolute Gasteiger partial charge is 0.322 e. The molecule has 0 spiro atoms. The van der Waals surface area contributed by atoms with Crippen molar-refractivity contribution in [3.8, 4) is 0 Å². The molecule has 2 aromatic rings. The zero-order valence-corrected chi connectivity index (χ0v) is 12.4. The SMILES string of the molecule is Cc1cc(C)cc(NC(=O)c2cc([N+](=O)[O-])cc([N+](=O)[O-])c2)c1. The normalized spacial score (nSPS) is 10.2. The fourth-order valence-corrected chi connectivity index (χ4v) is 2.19. The number of nitrogens with zero attached hydrogens (tertiary/aromatic N) is 2. The minimum Gasteiger partial charge on any atom is -0.322 e. The smallest absolute Gasteiger partial charge is 0.277 e. The van der Waals surface area contributed by atoms with Gasteiger partial charge in [0, 0.05) is 17.8 Å². The number of rotatable bonds is 4. The summed E-state index contributed by atoms with van der Waals surface area (Å²) >= 11 is 0. The number of nitrogens with one attached hydrogen (secondary N) is 1. The zero-order valence-electron chi connectivity index (χ0n) is 12.4. The maximum Gasteiger partial charge on any atom is 0.277 e. The molecule has 0 radical (unpaired) electrons. The number of aryl methyl sites for hydroxylation is 2. The minimum atomic E-state index is -0.777. The van der Waals surface area contributed by atoms with Crippen LogP contribution in [0.2, 0.25) is 0 Å². The predicted molar refractivity (Wildman–Crippen MR) is 83.6 cm³/mol. The Kier molecular flexibility index (Phi) is 4.35. The van der Waals surface area contributed by atoms with Crippen LogP contribution in [0, 0.1) is 34.1 Å². The Morgan fingerprint density at radius 3 is 1.78 bits per heavy atom. The first-order chi connectivity index (χ1) is 10.8. The van der Waals surface area contributed by atoms with Gasteiger partial charge in [-0.15, -0.1) is 0 Å². The number of carbonyl (C=O) groups is 1. The second-order valence-corrected chi connectivity index (χ2v) is 5.08. The lowest BCUT2D eigenvalue weighted by atomic mass is 10.1. The molecule has 0 aliphatic carbocycles. The summed E-state index contributed by atoms with van der Waals surface area (Å²) in [6, 6.07) is 8.21. The highest BCUT2D eigenvalue weighted by Gasteiger charge is 2.20. The van der Waals surface area contributed by atoms with Crippen molar-refractivity contribution in [1.29, 1.82) is 0 Å². The molecule has 23 heavy (non-hydrogen) atoms. The van der Waals surface area contributed by atoms with Crippen LogP contribution >= 0.6 is 0 Å². The van der Waals surface area contributed by atoms with Gasteiger partial charge >= 0.3 is 0 Å². The zero-order chi connectivity index (χ0) is 17.1. The molecule has 2 rings (SSSR count). The third kappa shape index (κ3) is 3.88. The van der Waals surface area contributed by atoms with E-state index < -0.39 is 27.1 Å². The molecule has 8 nitrogen and oxygen atoms in total. The van der Waals surface area contributed by atoms with Crippen LogP contribution in [0.15, 0.2) is 36.4 Å². The minimum absolute atomic E-state index is 0.148. The molecule has 0 saturated carbocycles. The van der Waals surface area contributed by atoms with Gasteiger partial charge in [0.2, 0.25) is 0 Å². The van der Waals surface area contributed by atoms with Crippen LogP contribution in [0.25, 0.3) is 0 Å². The van der Waals surface area contributed by atoms with Crippen LogP contribution in [-0.2, 0) is 0 Å². The lowest BCUT2D eigenvalue weighted by molar-refractivity contribution is -0.394. The van der Waals surface area contributed by atoms with E-state index in [1.807, 2.05) is 19.9 Å². The highest BCUT2D eigenvalue weighted by atomic mass is 16.6. The Labute approximate surface area is 131 Å². The van der Waals surface area contributed by atoms with E-state index in [1.165, 1.54) is 0 Å². The van der Waals surface area contributed by atoms with Crippen LogP contribution in [0.1, 0.15) is 21.5 Å². The number of carbonyl (C=O) groups excluding carboxylic acids is 1. The van der Waals surface area contributed by atoms with Gasteiger partial charge in [0.05, 0.1) is 21.5 Å². The molecule has 0 fully saturated rings. The lowest BCUT2D eigenvalue weighted by Gasteiger charge is -2.07. The van der Waals surface area contributed by atoms with E-state index in [-0.39, 0.29) is 5.56 Å². The van der Waals surface area contributed by atoms with E-state index >= 15 is 0 Å². The predicted octanol–water partition coefficient (Wildman–Crippen LogP) is 3.37. The van der Waals surface area contributed by atoms with Gasteiger partial charge in [-0.25, -0.2) is 0 Å². The molecule has 0 saturated heterocycles. The monoisotopic (exact) mass is 315 g/mol. The van der Waals surface area contributed by atoms with Gasteiger partial charge in [0.1, 0.15) is 0 Å². The van der Waals surface area contributed by atoms with Crippen molar-refractivity contribution in [1.82, 2.24) is 0 Å². The van der Waals surface area contributed by atoms with Crippen molar-refractivity contribution >= 4 is 23.0 Å². The quantitative estimate of drug-likeness (QED) is 0.686. The Bertz CT molecular complexity index is 764. The number of anilines is 1. The molecule has 118 valence electrons. The van der Waals surface area contributed by atoms with Gasteiger partial charge in [-0.1, -0.05) is 6.07 Å². The summed E-state index contributed by atoms with van der Waals surface area (Å²) in [7, 11) is 0. The first kappa shape index (κ1) is 16.1. The maximum atomic E-state index is 12.2. The lowest BCUT2D eigenvalue weighted by Crippen LogP contribution is -2.13. The molecule has 0 aliphatic rings. The molecule has 0 aliphatic heterocycles. The van der Waals surface area contributed by atoms with E-state index in [9.17, 15) is 25.0 Å². The summed E-state index contributed by atoms with van der Waals surface area (Å²) in [5.74, 6) is -0.651. The van der Waals surface area contributed by atoms with Gasteiger partial charge in [0.25, 0.3) is 17.3 Å². The highest BCUT2D eigenvalue weighted by Crippen LogP contribution is 2.23. The third-order valence-electron chi connectivity index (χ3n) is 3.07. The molecule has 0 atom stereocenters. The van der Waals surface area contributed by atoms with Gasteiger partial charge in [-0.05, 0) is 37.1 Å². The van der Waals surface area contributed by atoms with Crippen molar-refractivity contribution in [3.05, 3.63) is 73.3 Å². The second kappa shape index (κ2) is 6.22. The van der Waals surface area contributed by atoms with Gasteiger partial charge < -0.3 is 5.32 Å². The Balaban J connectivity index is 2.38. The van der Waals surface area contributed by atoms with E-state index in [4.69, 9.17) is 0 Å². The van der Waals surface area contributed by atoms with Crippen LogP contribution in [0.5, 0.6) is 0 Å². The van der Waals surface area contributed by atoms with E-state index in [0.29, 0.717) is 5.69 Å².